The molecule has 0 radical (unpaired) electrons. The van der Waals surface area contributed by atoms with Gasteiger partial charge in [0.15, 0.2) is 0 Å². The quantitative estimate of drug-likeness (QED) is 0.817. The maximum absolute atomic E-state index is 13.2. The third-order valence-corrected chi connectivity index (χ3v) is 3.73. The average Bonchev–Trinajstić information content (AvgIpc) is 2.36. The van der Waals surface area contributed by atoms with E-state index in [0.717, 1.165) is 12.8 Å². The number of hydrogen-bond acceptors (Lipinski definition) is 2. The van der Waals surface area contributed by atoms with Crippen LogP contribution in [0.5, 0.6) is 0 Å². The van der Waals surface area contributed by atoms with Crippen LogP contribution in [0, 0.1) is 11.2 Å². The number of rotatable bonds is 6. The molecule has 4 heteroatoms. The third kappa shape index (κ3) is 3.58. The van der Waals surface area contributed by atoms with Crippen LogP contribution < -0.4 is 5.32 Å². The molecule has 0 unspecified atom stereocenters. The summed E-state index contributed by atoms with van der Waals surface area (Å²) in [6.07, 6.45) is 1.76. The minimum Gasteiger partial charge on any atom is -0.396 e. The van der Waals surface area contributed by atoms with Crippen molar-refractivity contribution in [3.05, 3.63) is 29.0 Å². The topological polar surface area (TPSA) is 32.3 Å². The molecule has 17 heavy (non-hydrogen) atoms. The number of aliphatic hydroxyl groups is 1. The molecule has 0 amide bonds. The summed E-state index contributed by atoms with van der Waals surface area (Å²) >= 11 is 5.61. The second kappa shape index (κ2) is 6.22. The Labute approximate surface area is 107 Å². The van der Waals surface area contributed by atoms with Crippen molar-refractivity contribution in [2.45, 2.75) is 26.7 Å². The minimum atomic E-state index is -0.431. The smallest absolute Gasteiger partial charge is 0.143 e. The molecule has 0 saturated carbocycles. The van der Waals surface area contributed by atoms with E-state index in [1.165, 1.54) is 12.1 Å². The van der Waals surface area contributed by atoms with Crippen LogP contribution >= 0.6 is 11.6 Å². The van der Waals surface area contributed by atoms with Gasteiger partial charge in [-0.15, -0.1) is 0 Å². The van der Waals surface area contributed by atoms with E-state index in [2.05, 4.69) is 5.32 Å². The number of hydrogen-bond donors (Lipinski definition) is 2. The normalized spacial score (nSPS) is 11.6. The molecule has 0 bridgehead atoms. The second-order valence-corrected chi connectivity index (χ2v) is 4.75. The fourth-order valence-electron chi connectivity index (χ4n) is 1.68. The highest BCUT2D eigenvalue weighted by Gasteiger charge is 2.24. The molecular formula is C13H19ClFNO. The maximum Gasteiger partial charge on any atom is 0.143 e. The van der Waals surface area contributed by atoms with Gasteiger partial charge in [0.2, 0.25) is 0 Å². The van der Waals surface area contributed by atoms with Gasteiger partial charge in [0, 0.05) is 17.6 Å². The van der Waals surface area contributed by atoms with E-state index >= 15 is 0 Å². The summed E-state index contributed by atoms with van der Waals surface area (Å²) < 4.78 is 13.2. The lowest BCUT2D eigenvalue weighted by Gasteiger charge is -2.30. The van der Waals surface area contributed by atoms with Gasteiger partial charge in [-0.05, 0) is 31.0 Å². The lowest BCUT2D eigenvalue weighted by Crippen LogP contribution is -2.32. The van der Waals surface area contributed by atoms with E-state index in [4.69, 9.17) is 11.6 Å². The first-order valence-corrected chi connectivity index (χ1v) is 6.24. The fourth-order valence-corrected chi connectivity index (χ4v) is 1.79. The van der Waals surface area contributed by atoms with Gasteiger partial charge >= 0.3 is 0 Å². The molecule has 0 saturated heterocycles. The summed E-state index contributed by atoms with van der Waals surface area (Å²) in [4.78, 5) is 0. The summed E-state index contributed by atoms with van der Waals surface area (Å²) in [5, 5.41) is 12.7. The van der Waals surface area contributed by atoms with Gasteiger partial charge in [-0.25, -0.2) is 4.39 Å². The van der Waals surface area contributed by atoms with Crippen molar-refractivity contribution in [2.24, 2.45) is 5.41 Å². The average molecular weight is 260 g/mol. The first-order valence-electron chi connectivity index (χ1n) is 5.86. The van der Waals surface area contributed by atoms with Gasteiger partial charge in [0.05, 0.1) is 11.6 Å². The Morgan fingerprint density at radius 3 is 2.47 bits per heavy atom. The van der Waals surface area contributed by atoms with E-state index in [1.807, 2.05) is 13.8 Å². The highest BCUT2D eigenvalue weighted by molar-refractivity contribution is 6.30. The molecule has 2 N–H and O–H groups in total. The number of nitrogens with one attached hydrogen (secondary N) is 1. The van der Waals surface area contributed by atoms with Crippen molar-refractivity contribution in [3.63, 3.8) is 0 Å². The first kappa shape index (κ1) is 14.3. The summed E-state index contributed by atoms with van der Waals surface area (Å²) in [5.74, 6) is -0.431. The monoisotopic (exact) mass is 259 g/mol. The second-order valence-electron chi connectivity index (χ2n) is 4.35. The summed E-state index contributed by atoms with van der Waals surface area (Å²) in [7, 11) is 0. The van der Waals surface area contributed by atoms with Gasteiger partial charge in [0.25, 0.3) is 0 Å². The minimum absolute atomic E-state index is 0.120. The predicted octanol–water partition coefficient (Wildman–Crippen LogP) is 3.69. The summed E-state index contributed by atoms with van der Waals surface area (Å²) in [5.41, 5.74) is 0.544. The largest absolute Gasteiger partial charge is 0.396 e. The molecule has 0 spiro atoms. The van der Waals surface area contributed by atoms with Crippen LogP contribution in [0.25, 0.3) is 0 Å². The Morgan fingerprint density at radius 1 is 1.35 bits per heavy atom. The Bertz CT molecular complexity index is 358. The van der Waals surface area contributed by atoms with Crippen LogP contribution in [-0.2, 0) is 0 Å². The molecule has 1 aromatic carbocycles. The highest BCUT2D eigenvalue weighted by atomic mass is 35.5. The highest BCUT2D eigenvalue weighted by Crippen LogP contribution is 2.27. The SMILES string of the molecule is CCC(CC)(CO)CNc1ccc(Cl)c(F)c1. The molecule has 96 valence electrons. The summed E-state index contributed by atoms with van der Waals surface area (Å²) in [6, 6.07) is 4.63. The number of halogens is 2. The van der Waals surface area contributed by atoms with Gasteiger partial charge < -0.3 is 10.4 Å². The number of benzene rings is 1. The van der Waals surface area contributed by atoms with Crippen LogP contribution in [0.2, 0.25) is 5.02 Å². The molecule has 1 aromatic rings. The van der Waals surface area contributed by atoms with Crippen LogP contribution in [0.1, 0.15) is 26.7 Å². The van der Waals surface area contributed by atoms with Crippen molar-refractivity contribution in [1.29, 1.82) is 0 Å². The van der Waals surface area contributed by atoms with Crippen LogP contribution in [0.15, 0.2) is 18.2 Å². The molecule has 0 aliphatic rings. The van der Waals surface area contributed by atoms with Crippen LogP contribution in [-0.4, -0.2) is 18.3 Å². The number of anilines is 1. The molecule has 0 aliphatic heterocycles. The van der Waals surface area contributed by atoms with Crippen molar-refractivity contribution in [1.82, 2.24) is 0 Å². The fraction of sp³-hybridized carbons (Fsp3) is 0.538. The third-order valence-electron chi connectivity index (χ3n) is 3.42. The predicted molar refractivity (Wildman–Crippen MR) is 70.0 cm³/mol. The van der Waals surface area contributed by atoms with Gasteiger partial charge in [-0.2, -0.15) is 0 Å². The zero-order valence-corrected chi connectivity index (χ0v) is 11.0. The van der Waals surface area contributed by atoms with E-state index < -0.39 is 5.82 Å². The Kier molecular flexibility index (Phi) is 5.22. The van der Waals surface area contributed by atoms with Gasteiger partial charge in [0.1, 0.15) is 5.82 Å². The van der Waals surface area contributed by atoms with Crippen molar-refractivity contribution >= 4 is 17.3 Å². The lowest BCUT2D eigenvalue weighted by molar-refractivity contribution is 0.127. The van der Waals surface area contributed by atoms with Crippen molar-refractivity contribution in [3.8, 4) is 0 Å². The van der Waals surface area contributed by atoms with Crippen molar-refractivity contribution < 1.29 is 9.50 Å². The van der Waals surface area contributed by atoms with Gasteiger partial charge in [-0.3, -0.25) is 0 Å². The Hall–Kier alpha value is -0.800. The van der Waals surface area contributed by atoms with E-state index in [-0.39, 0.29) is 17.0 Å². The summed E-state index contributed by atoms with van der Waals surface area (Å²) in [6.45, 7) is 4.84. The number of aliphatic hydroxyl groups excluding tert-OH is 1. The Morgan fingerprint density at radius 2 is 2.00 bits per heavy atom. The zero-order valence-electron chi connectivity index (χ0n) is 10.3. The lowest BCUT2D eigenvalue weighted by atomic mass is 9.83. The molecule has 0 aromatic heterocycles. The molecule has 0 heterocycles. The van der Waals surface area contributed by atoms with Crippen molar-refractivity contribution in [2.75, 3.05) is 18.5 Å². The molecule has 1 rings (SSSR count). The molecular weight excluding hydrogens is 241 g/mol. The van der Waals surface area contributed by atoms with Crippen LogP contribution in [0.4, 0.5) is 10.1 Å². The van der Waals surface area contributed by atoms with Gasteiger partial charge in [-0.1, -0.05) is 25.4 Å². The standard InChI is InChI=1S/C13H19ClFNO/c1-3-13(4-2,9-17)8-16-10-5-6-11(14)12(15)7-10/h5-7,16-17H,3-4,8-9H2,1-2H3. The van der Waals surface area contributed by atoms with E-state index in [0.29, 0.717) is 12.2 Å². The Balaban J connectivity index is 2.68. The van der Waals surface area contributed by atoms with Crippen LogP contribution in [0.3, 0.4) is 0 Å². The first-order chi connectivity index (χ1) is 8.06. The molecule has 2 nitrogen and oxygen atoms in total. The zero-order chi connectivity index (χ0) is 12.9. The maximum atomic E-state index is 13.2. The van der Waals surface area contributed by atoms with E-state index in [1.54, 1.807) is 6.07 Å². The molecule has 0 atom stereocenters. The molecule has 0 fully saturated rings. The molecule has 0 aliphatic carbocycles. The van der Waals surface area contributed by atoms with E-state index in [9.17, 15) is 9.50 Å².